The fourth-order valence-electron chi connectivity index (χ4n) is 4.52. The number of carbonyl (C=O) groups is 1. The van der Waals surface area contributed by atoms with Crippen molar-refractivity contribution >= 4 is 17.2 Å². The van der Waals surface area contributed by atoms with Crippen molar-refractivity contribution in [3.63, 3.8) is 0 Å². The summed E-state index contributed by atoms with van der Waals surface area (Å²) in [5.41, 5.74) is 1.56. The Morgan fingerprint density at radius 3 is 2.59 bits per heavy atom. The summed E-state index contributed by atoms with van der Waals surface area (Å²) in [5.74, 6) is -0.396. The van der Waals surface area contributed by atoms with Crippen LogP contribution in [0.25, 0.3) is 22.3 Å². The van der Waals surface area contributed by atoms with Gasteiger partial charge in [0, 0.05) is 35.3 Å². The molecule has 0 bridgehead atoms. The maximum Gasteiger partial charge on any atom is 0.257 e. The van der Waals surface area contributed by atoms with Crippen molar-refractivity contribution in [3.8, 4) is 17.1 Å². The van der Waals surface area contributed by atoms with Crippen molar-refractivity contribution in [1.82, 2.24) is 9.55 Å². The van der Waals surface area contributed by atoms with E-state index in [4.69, 9.17) is 9.47 Å². The van der Waals surface area contributed by atoms with Gasteiger partial charge in [0.05, 0.1) is 37.2 Å². The number of carbonyl (C=O) groups excluding carboxylic acids is 1. The van der Waals surface area contributed by atoms with Gasteiger partial charge in [-0.05, 0) is 30.5 Å². The van der Waals surface area contributed by atoms with Crippen LogP contribution in [0.3, 0.4) is 0 Å². The Kier molecular flexibility index (Phi) is 5.60. The molecule has 0 spiro atoms. The predicted molar refractivity (Wildman–Crippen MR) is 117 cm³/mol. The number of hydrogen-bond donors (Lipinski definition) is 1. The molecule has 1 atom stereocenters. The van der Waals surface area contributed by atoms with Gasteiger partial charge in [-0.15, -0.1) is 0 Å². The van der Waals surface area contributed by atoms with E-state index in [9.17, 15) is 19.1 Å². The van der Waals surface area contributed by atoms with Crippen LogP contribution >= 0.6 is 0 Å². The van der Waals surface area contributed by atoms with Crippen molar-refractivity contribution in [2.75, 3.05) is 14.2 Å². The molecule has 0 aliphatic carbocycles. The van der Waals surface area contributed by atoms with E-state index in [2.05, 4.69) is 4.98 Å². The molecule has 32 heavy (non-hydrogen) atoms. The van der Waals surface area contributed by atoms with Crippen LogP contribution < -0.4 is 10.3 Å². The molecule has 3 heterocycles. The molecule has 1 aliphatic heterocycles. The number of rotatable bonds is 7. The molecule has 1 N–H and O–H groups in total. The standard InChI is InChI=1S/C24H25FN2O5/c1-5-13-14-7-21(32-4)18(25)9-19(14)26-22-15(13)10-27-20(22)8-17(24(30,6-2)12-28)16(11-31-3)23(27)29/h7-9,12,30H,5-6,10-11H2,1-4H3/t24-/m1/s1. The Labute approximate surface area is 184 Å². The fraction of sp³-hybridized carbons (Fsp3) is 0.375. The lowest BCUT2D eigenvalue weighted by atomic mass is 9.88. The van der Waals surface area contributed by atoms with Crippen molar-refractivity contribution in [2.45, 2.75) is 45.4 Å². The zero-order valence-electron chi connectivity index (χ0n) is 18.5. The van der Waals surface area contributed by atoms with Crippen LogP contribution in [0, 0.1) is 5.82 Å². The SMILES string of the molecule is CCc1c2c(nc3cc(F)c(OC)cc13)-c1cc([C@](O)(C=O)CC)c(COC)c(=O)n1C2. The molecule has 1 aromatic carbocycles. The molecule has 0 saturated carbocycles. The summed E-state index contributed by atoms with van der Waals surface area (Å²) in [4.78, 5) is 29.9. The van der Waals surface area contributed by atoms with Crippen molar-refractivity contribution in [2.24, 2.45) is 0 Å². The third-order valence-corrected chi connectivity index (χ3v) is 6.28. The molecule has 0 unspecified atom stereocenters. The van der Waals surface area contributed by atoms with Crippen LogP contribution in [0.4, 0.5) is 4.39 Å². The molecule has 0 saturated heterocycles. The number of pyridine rings is 2. The van der Waals surface area contributed by atoms with Crippen LogP contribution in [0.1, 0.15) is 42.5 Å². The van der Waals surface area contributed by atoms with Crippen molar-refractivity contribution < 1.29 is 23.8 Å². The van der Waals surface area contributed by atoms with Gasteiger partial charge in [0.2, 0.25) is 0 Å². The summed E-state index contributed by atoms with van der Waals surface area (Å²) in [6, 6.07) is 4.59. The number of aryl methyl sites for hydroxylation is 1. The number of fused-ring (bicyclic) bond motifs is 4. The Morgan fingerprint density at radius 1 is 1.25 bits per heavy atom. The van der Waals surface area contributed by atoms with E-state index in [1.54, 1.807) is 23.6 Å². The minimum atomic E-state index is -1.82. The Bertz CT molecular complexity index is 1300. The average molecular weight is 440 g/mol. The number of methoxy groups -OCH3 is 2. The normalized spacial score (nSPS) is 14.2. The lowest BCUT2D eigenvalue weighted by Gasteiger charge is -2.24. The summed E-state index contributed by atoms with van der Waals surface area (Å²) in [6.45, 7) is 3.90. The summed E-state index contributed by atoms with van der Waals surface area (Å²) >= 11 is 0. The van der Waals surface area contributed by atoms with E-state index in [1.807, 2.05) is 6.92 Å². The average Bonchev–Trinajstić information content (AvgIpc) is 3.16. The second-order valence-corrected chi connectivity index (χ2v) is 7.92. The van der Waals surface area contributed by atoms with Gasteiger partial charge >= 0.3 is 0 Å². The number of aldehydes is 1. The summed E-state index contributed by atoms with van der Waals surface area (Å²) in [5, 5.41) is 11.7. The second-order valence-electron chi connectivity index (χ2n) is 7.92. The van der Waals surface area contributed by atoms with E-state index in [0.717, 1.165) is 16.5 Å². The van der Waals surface area contributed by atoms with Gasteiger partial charge in [0.25, 0.3) is 5.56 Å². The van der Waals surface area contributed by atoms with Crippen molar-refractivity contribution in [3.05, 3.63) is 56.6 Å². The number of aliphatic hydroxyl groups is 1. The van der Waals surface area contributed by atoms with E-state index >= 15 is 0 Å². The number of benzene rings is 1. The molecule has 7 nitrogen and oxygen atoms in total. The van der Waals surface area contributed by atoms with Gasteiger partial charge in [-0.2, -0.15) is 0 Å². The summed E-state index contributed by atoms with van der Waals surface area (Å²) in [6.07, 6.45) is 1.18. The molecular weight excluding hydrogens is 415 g/mol. The van der Waals surface area contributed by atoms with Gasteiger partial charge in [0.15, 0.2) is 17.9 Å². The molecule has 8 heteroatoms. The first kappa shape index (κ1) is 22.1. The molecule has 4 rings (SSSR count). The number of halogens is 1. The highest BCUT2D eigenvalue weighted by Crippen LogP contribution is 2.39. The highest BCUT2D eigenvalue weighted by molar-refractivity contribution is 5.89. The Hall–Kier alpha value is -3.10. The molecule has 2 aromatic heterocycles. The monoisotopic (exact) mass is 440 g/mol. The van der Waals surface area contributed by atoms with Crippen LogP contribution in [0.15, 0.2) is 23.0 Å². The molecule has 3 aromatic rings. The maximum atomic E-state index is 14.4. The van der Waals surface area contributed by atoms with Gasteiger partial charge in [-0.1, -0.05) is 13.8 Å². The fourth-order valence-corrected chi connectivity index (χ4v) is 4.52. The van der Waals surface area contributed by atoms with E-state index < -0.39 is 11.4 Å². The highest BCUT2D eigenvalue weighted by atomic mass is 19.1. The third-order valence-electron chi connectivity index (χ3n) is 6.28. The van der Waals surface area contributed by atoms with Crippen LogP contribution in [0.2, 0.25) is 0 Å². The van der Waals surface area contributed by atoms with E-state index in [-0.39, 0.29) is 42.0 Å². The smallest absolute Gasteiger partial charge is 0.257 e. The summed E-state index contributed by atoms with van der Waals surface area (Å²) < 4.78 is 26.3. The lowest BCUT2D eigenvalue weighted by Crippen LogP contribution is -2.34. The zero-order chi connectivity index (χ0) is 23.2. The van der Waals surface area contributed by atoms with Crippen molar-refractivity contribution in [1.29, 1.82) is 0 Å². The first-order valence-electron chi connectivity index (χ1n) is 10.5. The molecule has 168 valence electrons. The minimum Gasteiger partial charge on any atom is -0.494 e. The van der Waals surface area contributed by atoms with Gasteiger partial charge in [-0.3, -0.25) is 9.59 Å². The summed E-state index contributed by atoms with van der Waals surface area (Å²) in [7, 11) is 2.86. The van der Waals surface area contributed by atoms with Crippen LogP contribution in [-0.4, -0.2) is 35.2 Å². The quantitative estimate of drug-likeness (QED) is 0.444. The molecular formula is C24H25FN2O5. The largest absolute Gasteiger partial charge is 0.494 e. The first-order valence-corrected chi connectivity index (χ1v) is 10.5. The Balaban J connectivity index is 2.07. The molecule has 0 amide bonds. The Morgan fingerprint density at radius 2 is 2.00 bits per heavy atom. The predicted octanol–water partition coefficient (Wildman–Crippen LogP) is 3.08. The van der Waals surface area contributed by atoms with Crippen LogP contribution in [-0.2, 0) is 34.7 Å². The maximum absolute atomic E-state index is 14.4. The minimum absolute atomic E-state index is 0.0423. The third kappa shape index (κ3) is 3.13. The van der Waals surface area contributed by atoms with Gasteiger partial charge in [-0.25, -0.2) is 9.37 Å². The zero-order valence-corrected chi connectivity index (χ0v) is 18.5. The number of ether oxygens (including phenoxy) is 2. The number of aromatic nitrogens is 2. The van der Waals surface area contributed by atoms with Crippen LogP contribution in [0.5, 0.6) is 5.75 Å². The second kappa shape index (κ2) is 8.11. The molecule has 1 aliphatic rings. The number of hydrogen-bond acceptors (Lipinski definition) is 6. The molecule has 0 radical (unpaired) electrons. The van der Waals surface area contributed by atoms with E-state index in [1.165, 1.54) is 20.3 Å². The van der Waals surface area contributed by atoms with Gasteiger partial charge in [0.1, 0.15) is 5.60 Å². The highest BCUT2D eigenvalue weighted by Gasteiger charge is 2.35. The van der Waals surface area contributed by atoms with Gasteiger partial charge < -0.3 is 19.1 Å². The number of nitrogens with zero attached hydrogens (tertiary/aromatic N) is 2. The molecule has 0 fully saturated rings. The topological polar surface area (TPSA) is 90.7 Å². The lowest BCUT2D eigenvalue weighted by molar-refractivity contribution is -0.125. The first-order chi connectivity index (χ1) is 15.3. The van der Waals surface area contributed by atoms with E-state index in [0.29, 0.717) is 29.6 Å².